The Balaban J connectivity index is 1.49. The zero-order valence-electron chi connectivity index (χ0n) is 14.4. The van der Waals surface area contributed by atoms with Crippen LogP contribution in [0.15, 0.2) is 43.0 Å². The van der Waals surface area contributed by atoms with Gasteiger partial charge in [0.05, 0.1) is 43.5 Å². The third-order valence-corrected chi connectivity index (χ3v) is 4.58. The second kappa shape index (κ2) is 6.36. The molecule has 0 radical (unpaired) electrons. The van der Waals surface area contributed by atoms with Crippen molar-refractivity contribution in [3.8, 4) is 11.3 Å². The van der Waals surface area contributed by atoms with Crippen LogP contribution in [0.2, 0.25) is 0 Å². The van der Waals surface area contributed by atoms with Gasteiger partial charge < -0.3 is 5.11 Å². The molecule has 0 unspecified atom stereocenters. The van der Waals surface area contributed by atoms with Crippen LogP contribution in [0, 0.1) is 0 Å². The Labute approximate surface area is 154 Å². The van der Waals surface area contributed by atoms with Gasteiger partial charge in [-0.15, -0.1) is 5.10 Å². The summed E-state index contributed by atoms with van der Waals surface area (Å²) in [5.74, 6) is 0. The predicted molar refractivity (Wildman–Crippen MR) is 97.3 cm³/mol. The topological polar surface area (TPSA) is 107 Å². The Hall–Kier alpha value is -3.46. The molecule has 0 saturated heterocycles. The van der Waals surface area contributed by atoms with Gasteiger partial charge in [0.15, 0.2) is 5.65 Å². The van der Waals surface area contributed by atoms with Crippen LogP contribution in [0.4, 0.5) is 0 Å². The monoisotopic (exact) mass is 360 g/mol. The third-order valence-electron chi connectivity index (χ3n) is 4.58. The molecule has 9 heteroatoms. The number of aliphatic hydroxyl groups is 1. The Morgan fingerprint density at radius 1 is 1.19 bits per heavy atom. The lowest BCUT2D eigenvalue weighted by Gasteiger charge is -2.06. The Bertz CT molecular complexity index is 1160. The molecule has 0 atom stereocenters. The quantitative estimate of drug-likeness (QED) is 0.568. The van der Waals surface area contributed by atoms with Gasteiger partial charge in [0.1, 0.15) is 0 Å². The predicted octanol–water partition coefficient (Wildman–Crippen LogP) is 1.11. The van der Waals surface area contributed by atoms with Crippen LogP contribution in [-0.2, 0) is 19.5 Å². The molecule has 4 aromatic heterocycles. The molecule has 1 aliphatic rings. The van der Waals surface area contributed by atoms with Crippen LogP contribution in [0.5, 0.6) is 0 Å². The number of pyridine rings is 1. The Kier molecular flexibility index (Phi) is 3.72. The second-order valence-corrected chi connectivity index (χ2v) is 6.30. The highest BCUT2D eigenvalue weighted by Crippen LogP contribution is 2.27. The van der Waals surface area contributed by atoms with Crippen LogP contribution in [0.25, 0.3) is 28.1 Å². The molecule has 9 nitrogen and oxygen atoms in total. The van der Waals surface area contributed by atoms with Gasteiger partial charge in [-0.2, -0.15) is 5.10 Å². The number of aromatic nitrogens is 8. The van der Waals surface area contributed by atoms with Gasteiger partial charge in [-0.1, -0.05) is 17.4 Å². The molecule has 0 spiro atoms. The van der Waals surface area contributed by atoms with Crippen molar-refractivity contribution in [2.45, 2.75) is 19.5 Å². The first-order valence-corrected chi connectivity index (χ1v) is 8.65. The van der Waals surface area contributed by atoms with E-state index in [-0.39, 0.29) is 6.61 Å². The van der Waals surface area contributed by atoms with Crippen LogP contribution in [-0.4, -0.2) is 51.4 Å². The van der Waals surface area contributed by atoms with Crippen molar-refractivity contribution in [3.05, 3.63) is 54.3 Å². The third kappa shape index (κ3) is 2.77. The van der Waals surface area contributed by atoms with E-state index in [0.717, 1.165) is 28.8 Å². The Morgan fingerprint density at radius 3 is 3.07 bits per heavy atom. The summed E-state index contributed by atoms with van der Waals surface area (Å²) in [6.45, 7) is 1.04. The van der Waals surface area contributed by atoms with Crippen molar-refractivity contribution in [2.24, 2.45) is 0 Å². The summed E-state index contributed by atoms with van der Waals surface area (Å²) in [5, 5.41) is 21.6. The molecule has 0 amide bonds. The average molecular weight is 360 g/mol. The molecule has 4 aromatic rings. The van der Waals surface area contributed by atoms with E-state index in [9.17, 15) is 0 Å². The van der Waals surface area contributed by atoms with Gasteiger partial charge in [-0.05, 0) is 11.6 Å². The Morgan fingerprint density at radius 2 is 2.15 bits per heavy atom. The van der Waals surface area contributed by atoms with Crippen LogP contribution in [0.3, 0.4) is 0 Å². The van der Waals surface area contributed by atoms with Crippen molar-refractivity contribution in [3.63, 3.8) is 0 Å². The molecule has 134 valence electrons. The summed E-state index contributed by atoms with van der Waals surface area (Å²) in [6, 6.07) is 4.02. The van der Waals surface area contributed by atoms with Gasteiger partial charge in [-0.3, -0.25) is 9.67 Å². The summed E-state index contributed by atoms with van der Waals surface area (Å²) in [4.78, 5) is 13.5. The van der Waals surface area contributed by atoms with Crippen molar-refractivity contribution in [1.29, 1.82) is 0 Å². The molecule has 5 rings (SSSR count). The van der Waals surface area contributed by atoms with Crippen molar-refractivity contribution >= 4 is 16.9 Å². The number of rotatable bonds is 5. The van der Waals surface area contributed by atoms with Crippen molar-refractivity contribution < 1.29 is 5.11 Å². The molecular formula is C18H16N8O. The van der Waals surface area contributed by atoms with Crippen LogP contribution < -0.4 is 0 Å². The first-order valence-electron chi connectivity index (χ1n) is 8.65. The number of fused-ring (bicyclic) bond motifs is 2. The number of allylic oxidation sites excluding steroid dienone is 2. The fourth-order valence-electron chi connectivity index (χ4n) is 3.26. The summed E-state index contributed by atoms with van der Waals surface area (Å²) >= 11 is 0. The fourth-order valence-corrected chi connectivity index (χ4v) is 3.26. The summed E-state index contributed by atoms with van der Waals surface area (Å²) in [6.07, 6.45) is 10.0. The van der Waals surface area contributed by atoms with Gasteiger partial charge in [-0.25, -0.2) is 14.6 Å². The van der Waals surface area contributed by atoms with Crippen LogP contribution in [0.1, 0.15) is 11.3 Å². The lowest BCUT2D eigenvalue weighted by Crippen LogP contribution is -2.04. The molecule has 1 N–H and O–H groups in total. The number of hydrogen-bond donors (Lipinski definition) is 1. The normalized spacial score (nSPS) is 13.1. The largest absolute Gasteiger partial charge is 0.394 e. The fraction of sp³-hybridized carbons (Fsp3) is 0.222. The molecule has 1 aliphatic carbocycles. The summed E-state index contributed by atoms with van der Waals surface area (Å²) < 4.78 is 3.43. The van der Waals surface area contributed by atoms with Crippen LogP contribution >= 0.6 is 0 Å². The maximum atomic E-state index is 9.04. The average Bonchev–Trinajstić information content (AvgIpc) is 3.42. The van der Waals surface area contributed by atoms with Crippen molar-refractivity contribution in [2.75, 3.05) is 6.61 Å². The lowest BCUT2D eigenvalue weighted by molar-refractivity contribution is 0.269. The maximum absolute atomic E-state index is 9.04. The molecule has 0 aliphatic heterocycles. The molecule has 0 fully saturated rings. The van der Waals surface area contributed by atoms with E-state index in [1.165, 1.54) is 0 Å². The molecule has 0 saturated carbocycles. The first kappa shape index (κ1) is 15.8. The zero-order valence-corrected chi connectivity index (χ0v) is 14.4. The highest BCUT2D eigenvalue weighted by atomic mass is 16.3. The number of hydrogen-bond acceptors (Lipinski definition) is 7. The molecule has 0 aromatic carbocycles. The number of aliphatic hydroxyl groups excluding tert-OH is 1. The zero-order chi connectivity index (χ0) is 18.2. The van der Waals surface area contributed by atoms with E-state index in [1.807, 2.05) is 18.5 Å². The number of nitrogens with zero attached hydrogens (tertiary/aromatic N) is 8. The van der Waals surface area contributed by atoms with E-state index in [0.29, 0.717) is 30.1 Å². The van der Waals surface area contributed by atoms with E-state index in [2.05, 4.69) is 37.5 Å². The van der Waals surface area contributed by atoms with E-state index < -0.39 is 0 Å². The van der Waals surface area contributed by atoms with Gasteiger partial charge in [0.2, 0.25) is 5.65 Å². The van der Waals surface area contributed by atoms with E-state index >= 15 is 0 Å². The standard InChI is InChI=1S/C18H16N8O/c27-7-6-25-10-13(8-21-25)16-9-20-17-18(22-16)26(24-23-17)11-12-3-4-15-14(12)2-1-5-19-15/h1-3,5,8-10,27H,4,6-7,11H2. The molecular weight excluding hydrogens is 344 g/mol. The first-order chi connectivity index (χ1) is 13.3. The summed E-state index contributed by atoms with van der Waals surface area (Å²) in [5.41, 5.74) is 6.05. The molecule has 0 bridgehead atoms. The lowest BCUT2D eigenvalue weighted by atomic mass is 10.1. The van der Waals surface area contributed by atoms with Crippen molar-refractivity contribution in [1.82, 2.24) is 39.7 Å². The van der Waals surface area contributed by atoms with Gasteiger partial charge >= 0.3 is 0 Å². The second-order valence-electron chi connectivity index (χ2n) is 6.30. The summed E-state index contributed by atoms with van der Waals surface area (Å²) in [7, 11) is 0. The van der Waals surface area contributed by atoms with Gasteiger partial charge in [0, 0.05) is 29.9 Å². The highest BCUT2D eigenvalue weighted by Gasteiger charge is 2.18. The minimum absolute atomic E-state index is 0.0357. The SMILES string of the molecule is OCCn1cc(-c2cnc3nnn(CC4=CCc5ncccc54)c3n2)cn1. The molecule has 27 heavy (non-hydrogen) atoms. The minimum atomic E-state index is 0.0357. The smallest absolute Gasteiger partial charge is 0.221 e. The van der Waals surface area contributed by atoms with Gasteiger partial charge in [0.25, 0.3) is 0 Å². The van der Waals surface area contributed by atoms with E-state index in [4.69, 9.17) is 10.1 Å². The minimum Gasteiger partial charge on any atom is -0.394 e. The maximum Gasteiger partial charge on any atom is 0.221 e. The van der Waals surface area contributed by atoms with E-state index in [1.54, 1.807) is 21.8 Å². The molecule has 4 heterocycles. The highest BCUT2D eigenvalue weighted by molar-refractivity contribution is 5.74.